The molecule has 1 fully saturated rings. The molecule has 3 N–H and O–H groups in total. The van der Waals surface area contributed by atoms with Crippen LogP contribution in [-0.4, -0.2) is 55.8 Å². The van der Waals surface area contributed by atoms with Gasteiger partial charge in [-0.2, -0.15) is 11.8 Å². The van der Waals surface area contributed by atoms with Gasteiger partial charge >= 0.3 is 0 Å². The SMILES string of the molecule is COCCC(C)C(NN)C1CSCCN1C. The average molecular weight is 247 g/mol. The Morgan fingerprint density at radius 2 is 2.38 bits per heavy atom. The highest BCUT2D eigenvalue weighted by atomic mass is 32.2. The zero-order valence-electron chi connectivity index (χ0n) is 10.6. The normalized spacial score (nSPS) is 26.6. The Hall–Kier alpha value is 0.190. The molecule has 4 nitrogen and oxygen atoms in total. The van der Waals surface area contributed by atoms with Crippen molar-refractivity contribution in [3.8, 4) is 0 Å². The zero-order chi connectivity index (χ0) is 12.0. The molecule has 3 atom stereocenters. The lowest BCUT2D eigenvalue weighted by molar-refractivity contribution is 0.138. The molecule has 1 rings (SSSR count). The zero-order valence-corrected chi connectivity index (χ0v) is 11.4. The summed E-state index contributed by atoms with van der Waals surface area (Å²) in [6.07, 6.45) is 1.06. The Labute approximate surface area is 103 Å². The topological polar surface area (TPSA) is 50.5 Å². The van der Waals surface area contributed by atoms with Crippen LogP contribution in [0.1, 0.15) is 13.3 Å². The third kappa shape index (κ3) is 3.89. The third-order valence-corrected chi connectivity index (χ3v) is 4.49. The fourth-order valence-corrected chi connectivity index (χ4v) is 3.51. The van der Waals surface area contributed by atoms with Gasteiger partial charge in [-0.1, -0.05) is 6.92 Å². The van der Waals surface area contributed by atoms with Crippen molar-refractivity contribution in [1.29, 1.82) is 0 Å². The van der Waals surface area contributed by atoms with Gasteiger partial charge in [0, 0.05) is 43.9 Å². The number of methoxy groups -OCH3 is 1. The van der Waals surface area contributed by atoms with Crippen LogP contribution >= 0.6 is 11.8 Å². The summed E-state index contributed by atoms with van der Waals surface area (Å²) < 4.78 is 5.13. The van der Waals surface area contributed by atoms with E-state index in [0.29, 0.717) is 18.0 Å². The Morgan fingerprint density at radius 3 is 2.94 bits per heavy atom. The Balaban J connectivity index is 2.50. The fraction of sp³-hybridized carbons (Fsp3) is 1.00. The summed E-state index contributed by atoms with van der Waals surface area (Å²) in [5, 5.41) is 0. The molecular weight excluding hydrogens is 222 g/mol. The number of nitrogens with two attached hydrogens (primary N) is 1. The molecule has 0 amide bonds. The van der Waals surface area contributed by atoms with E-state index < -0.39 is 0 Å². The molecule has 0 spiro atoms. The molecule has 1 aliphatic heterocycles. The number of hydrazine groups is 1. The van der Waals surface area contributed by atoms with Crippen LogP contribution in [-0.2, 0) is 4.74 Å². The van der Waals surface area contributed by atoms with E-state index in [4.69, 9.17) is 10.6 Å². The molecule has 1 heterocycles. The third-order valence-electron chi connectivity index (χ3n) is 3.44. The van der Waals surface area contributed by atoms with Crippen LogP contribution in [0.5, 0.6) is 0 Å². The van der Waals surface area contributed by atoms with E-state index in [1.165, 1.54) is 11.5 Å². The van der Waals surface area contributed by atoms with Crippen molar-refractivity contribution in [2.24, 2.45) is 11.8 Å². The van der Waals surface area contributed by atoms with E-state index in [1.807, 2.05) is 11.8 Å². The van der Waals surface area contributed by atoms with Crippen LogP contribution in [0.25, 0.3) is 0 Å². The molecule has 0 saturated carbocycles. The van der Waals surface area contributed by atoms with Gasteiger partial charge in [0.05, 0.1) is 0 Å². The molecule has 0 aliphatic carbocycles. The Kier molecular flexibility index (Phi) is 6.68. The minimum atomic E-state index is 0.355. The maximum atomic E-state index is 5.71. The molecule has 0 radical (unpaired) electrons. The highest BCUT2D eigenvalue weighted by Crippen LogP contribution is 2.22. The smallest absolute Gasteiger partial charge is 0.0465 e. The van der Waals surface area contributed by atoms with E-state index >= 15 is 0 Å². The Bertz CT molecular complexity index is 194. The first kappa shape index (κ1) is 14.3. The molecule has 5 heteroatoms. The van der Waals surface area contributed by atoms with E-state index in [1.54, 1.807) is 7.11 Å². The number of nitrogens with one attached hydrogen (secondary N) is 1. The number of hydrogen-bond donors (Lipinski definition) is 2. The number of hydrogen-bond acceptors (Lipinski definition) is 5. The standard InChI is InChI=1S/C11H25N3OS/c1-9(4-6-15-3)11(13-12)10-8-16-7-5-14(10)2/h9-11,13H,4-8,12H2,1-3H3. The van der Waals surface area contributed by atoms with Gasteiger partial charge < -0.3 is 9.64 Å². The summed E-state index contributed by atoms with van der Waals surface area (Å²) in [4.78, 5) is 2.42. The maximum Gasteiger partial charge on any atom is 0.0465 e. The van der Waals surface area contributed by atoms with Gasteiger partial charge in [0.15, 0.2) is 0 Å². The van der Waals surface area contributed by atoms with E-state index in [-0.39, 0.29) is 0 Å². The molecule has 96 valence electrons. The van der Waals surface area contributed by atoms with Gasteiger partial charge in [0.1, 0.15) is 0 Å². The quantitative estimate of drug-likeness (QED) is 0.530. The Morgan fingerprint density at radius 1 is 1.62 bits per heavy atom. The number of nitrogens with zero attached hydrogens (tertiary/aromatic N) is 1. The number of likely N-dealkylation sites (N-methyl/N-ethyl adjacent to an activating group) is 1. The highest BCUT2D eigenvalue weighted by Gasteiger charge is 2.30. The monoisotopic (exact) mass is 247 g/mol. The van der Waals surface area contributed by atoms with Crippen molar-refractivity contribution < 1.29 is 4.74 Å². The van der Waals surface area contributed by atoms with Crippen LogP contribution in [0.4, 0.5) is 0 Å². The first-order valence-electron chi connectivity index (χ1n) is 5.93. The lowest BCUT2D eigenvalue weighted by atomic mass is 9.92. The first-order valence-corrected chi connectivity index (χ1v) is 7.09. The molecule has 16 heavy (non-hydrogen) atoms. The van der Waals surface area contributed by atoms with Gasteiger partial charge in [-0.15, -0.1) is 0 Å². The highest BCUT2D eigenvalue weighted by molar-refractivity contribution is 7.99. The maximum absolute atomic E-state index is 5.71. The molecule has 0 aromatic carbocycles. The van der Waals surface area contributed by atoms with Crippen molar-refractivity contribution in [3.05, 3.63) is 0 Å². The van der Waals surface area contributed by atoms with Crippen molar-refractivity contribution in [2.45, 2.75) is 25.4 Å². The van der Waals surface area contributed by atoms with Crippen LogP contribution in [0.3, 0.4) is 0 Å². The second kappa shape index (κ2) is 7.50. The summed E-state index contributed by atoms with van der Waals surface area (Å²) in [6, 6.07) is 0.892. The van der Waals surface area contributed by atoms with Crippen LogP contribution < -0.4 is 11.3 Å². The van der Waals surface area contributed by atoms with Crippen LogP contribution in [0, 0.1) is 5.92 Å². The van der Waals surface area contributed by atoms with Crippen LogP contribution in [0.15, 0.2) is 0 Å². The lowest BCUT2D eigenvalue weighted by Gasteiger charge is -2.40. The van der Waals surface area contributed by atoms with Crippen molar-refractivity contribution in [1.82, 2.24) is 10.3 Å². The van der Waals surface area contributed by atoms with E-state index in [0.717, 1.165) is 19.6 Å². The predicted octanol–water partition coefficient (Wildman–Crippen LogP) is 0.538. The summed E-state index contributed by atoms with van der Waals surface area (Å²) >= 11 is 2.02. The summed E-state index contributed by atoms with van der Waals surface area (Å²) in [7, 11) is 3.94. The second-order valence-corrected chi connectivity index (χ2v) is 5.72. The first-order chi connectivity index (χ1) is 7.70. The predicted molar refractivity (Wildman–Crippen MR) is 70.5 cm³/mol. The van der Waals surface area contributed by atoms with E-state index in [9.17, 15) is 0 Å². The molecule has 3 unspecified atom stereocenters. The van der Waals surface area contributed by atoms with Gasteiger partial charge in [-0.05, 0) is 19.4 Å². The minimum Gasteiger partial charge on any atom is -0.385 e. The van der Waals surface area contributed by atoms with Gasteiger partial charge in [-0.3, -0.25) is 11.3 Å². The molecule has 0 aromatic rings. The lowest BCUT2D eigenvalue weighted by Crippen LogP contribution is -2.57. The van der Waals surface area contributed by atoms with Gasteiger partial charge in [-0.25, -0.2) is 0 Å². The molecular formula is C11H25N3OS. The van der Waals surface area contributed by atoms with Crippen molar-refractivity contribution in [3.63, 3.8) is 0 Å². The summed E-state index contributed by atoms with van der Waals surface area (Å²) in [6.45, 7) is 4.21. The molecule has 0 bridgehead atoms. The number of thioether (sulfide) groups is 1. The molecule has 1 aliphatic rings. The van der Waals surface area contributed by atoms with Gasteiger partial charge in [0.2, 0.25) is 0 Å². The van der Waals surface area contributed by atoms with Crippen LogP contribution in [0.2, 0.25) is 0 Å². The largest absolute Gasteiger partial charge is 0.385 e. The molecule has 1 saturated heterocycles. The second-order valence-electron chi connectivity index (χ2n) is 4.57. The average Bonchev–Trinajstić information content (AvgIpc) is 2.30. The van der Waals surface area contributed by atoms with E-state index in [2.05, 4.69) is 24.3 Å². The summed E-state index contributed by atoms with van der Waals surface area (Å²) in [5.74, 6) is 8.65. The number of ether oxygens (including phenoxy) is 1. The minimum absolute atomic E-state index is 0.355. The van der Waals surface area contributed by atoms with Crippen molar-refractivity contribution in [2.75, 3.05) is 38.8 Å². The fourth-order valence-electron chi connectivity index (χ4n) is 2.22. The summed E-state index contributed by atoms with van der Waals surface area (Å²) in [5.41, 5.74) is 3.00. The van der Waals surface area contributed by atoms with Crippen molar-refractivity contribution >= 4 is 11.8 Å². The molecule has 0 aromatic heterocycles. The number of rotatable bonds is 6. The van der Waals surface area contributed by atoms with Gasteiger partial charge in [0.25, 0.3) is 0 Å².